The lowest BCUT2D eigenvalue weighted by Crippen LogP contribution is -2.12. The highest BCUT2D eigenvalue weighted by molar-refractivity contribution is 5.79. The molecule has 0 bridgehead atoms. The average Bonchev–Trinajstić information content (AvgIpc) is 3.10. The molecule has 0 aliphatic heterocycles. The van der Waals surface area contributed by atoms with E-state index in [1.54, 1.807) is 6.20 Å². The number of imidazole rings is 1. The molecule has 2 aromatic heterocycles. The van der Waals surface area contributed by atoms with Gasteiger partial charge in [0.15, 0.2) is 0 Å². The van der Waals surface area contributed by atoms with Gasteiger partial charge < -0.3 is 15.0 Å². The number of H-pyrrole nitrogens is 1. The van der Waals surface area contributed by atoms with Crippen molar-refractivity contribution in [3.63, 3.8) is 0 Å². The molecule has 0 saturated heterocycles. The Morgan fingerprint density at radius 1 is 0.871 bits per heavy atom. The fourth-order valence-corrected chi connectivity index (χ4v) is 3.51. The molecule has 0 radical (unpaired) electrons. The Kier molecular flexibility index (Phi) is 5.21. The number of para-hydroxylation sites is 1. The van der Waals surface area contributed by atoms with Crippen LogP contribution in [0.1, 0.15) is 52.7 Å². The lowest BCUT2D eigenvalue weighted by Gasteiger charge is -2.22. The zero-order valence-electron chi connectivity index (χ0n) is 19.1. The van der Waals surface area contributed by atoms with Crippen LogP contribution >= 0.6 is 0 Å². The number of anilines is 2. The number of hydrogen-bond acceptors (Lipinski definition) is 4. The first-order valence-electron chi connectivity index (χ1n) is 10.6. The van der Waals surface area contributed by atoms with Crippen molar-refractivity contribution in [2.45, 2.75) is 52.4 Å². The third-order valence-electron chi connectivity index (χ3n) is 5.28. The average molecular weight is 415 g/mol. The van der Waals surface area contributed by atoms with E-state index < -0.39 is 0 Å². The molecule has 0 spiro atoms. The zero-order chi connectivity index (χ0) is 22.2. The summed E-state index contributed by atoms with van der Waals surface area (Å²) < 4.78 is 6.26. The zero-order valence-corrected chi connectivity index (χ0v) is 19.1. The number of nitrogens with one attached hydrogen (secondary N) is 2. The Labute approximate surface area is 183 Å². The smallest absolute Gasteiger partial charge is 0.243 e. The minimum absolute atomic E-state index is 0.0392. The third-order valence-corrected chi connectivity index (χ3v) is 5.28. The summed E-state index contributed by atoms with van der Waals surface area (Å²) in [5, 5.41) is 3.34. The standard InChI is InChI=1S/C26H30N4O/c1-25(2,3)17-13-14-19-21(16-17)30-24(28-19)29-20-11-9-15-27-23(20)31-22-12-8-7-10-18(22)26(4,5)6/h7-16H,1-6H3,(H2,28,29,30). The highest BCUT2D eigenvalue weighted by atomic mass is 16.5. The molecule has 2 heterocycles. The summed E-state index contributed by atoms with van der Waals surface area (Å²) in [5.74, 6) is 1.97. The van der Waals surface area contributed by atoms with Gasteiger partial charge in [0, 0.05) is 11.8 Å². The summed E-state index contributed by atoms with van der Waals surface area (Å²) in [7, 11) is 0. The Bertz CT molecular complexity index is 1210. The van der Waals surface area contributed by atoms with Gasteiger partial charge in [-0.1, -0.05) is 65.8 Å². The predicted molar refractivity (Wildman–Crippen MR) is 128 cm³/mol. The van der Waals surface area contributed by atoms with E-state index in [9.17, 15) is 0 Å². The van der Waals surface area contributed by atoms with Crippen molar-refractivity contribution in [2.24, 2.45) is 0 Å². The van der Waals surface area contributed by atoms with Crippen LogP contribution in [0.3, 0.4) is 0 Å². The largest absolute Gasteiger partial charge is 0.437 e. The molecule has 5 nitrogen and oxygen atoms in total. The molecule has 160 valence electrons. The van der Waals surface area contributed by atoms with Crippen molar-refractivity contribution in [1.29, 1.82) is 0 Å². The van der Waals surface area contributed by atoms with E-state index in [-0.39, 0.29) is 10.8 Å². The SMILES string of the molecule is CC(C)(C)c1ccc2[nH]c(Nc3cccnc3Oc3ccccc3C(C)(C)C)nc2c1. The number of aromatic amines is 1. The van der Waals surface area contributed by atoms with Crippen LogP contribution in [-0.4, -0.2) is 15.0 Å². The quantitative estimate of drug-likeness (QED) is 0.374. The van der Waals surface area contributed by atoms with Crippen LogP contribution in [0.5, 0.6) is 11.6 Å². The van der Waals surface area contributed by atoms with E-state index in [0.717, 1.165) is 28.0 Å². The Balaban J connectivity index is 1.65. The van der Waals surface area contributed by atoms with Crippen molar-refractivity contribution >= 4 is 22.7 Å². The first-order chi connectivity index (χ1) is 14.6. The Hall–Kier alpha value is -3.34. The van der Waals surface area contributed by atoms with E-state index in [4.69, 9.17) is 9.72 Å². The summed E-state index contributed by atoms with van der Waals surface area (Å²) in [6.45, 7) is 13.1. The number of pyridine rings is 1. The van der Waals surface area contributed by atoms with Crippen molar-refractivity contribution in [3.8, 4) is 11.6 Å². The van der Waals surface area contributed by atoms with E-state index in [1.165, 1.54) is 5.56 Å². The van der Waals surface area contributed by atoms with Crippen molar-refractivity contribution in [2.75, 3.05) is 5.32 Å². The molecular weight excluding hydrogens is 384 g/mol. The molecule has 0 atom stereocenters. The van der Waals surface area contributed by atoms with Crippen LogP contribution in [-0.2, 0) is 10.8 Å². The van der Waals surface area contributed by atoms with Gasteiger partial charge in [-0.25, -0.2) is 9.97 Å². The Morgan fingerprint density at radius 3 is 2.39 bits per heavy atom. The molecule has 0 unspecified atom stereocenters. The molecule has 0 fully saturated rings. The summed E-state index contributed by atoms with van der Waals surface area (Å²) in [4.78, 5) is 12.5. The lowest BCUT2D eigenvalue weighted by atomic mass is 9.86. The lowest BCUT2D eigenvalue weighted by molar-refractivity contribution is 0.442. The van der Waals surface area contributed by atoms with E-state index >= 15 is 0 Å². The van der Waals surface area contributed by atoms with Gasteiger partial charge in [0.1, 0.15) is 11.4 Å². The first-order valence-corrected chi connectivity index (χ1v) is 10.6. The molecule has 2 N–H and O–H groups in total. The maximum atomic E-state index is 6.26. The van der Waals surface area contributed by atoms with Crippen LogP contribution in [0.4, 0.5) is 11.6 Å². The second-order valence-electron chi connectivity index (χ2n) is 9.90. The van der Waals surface area contributed by atoms with Crippen molar-refractivity contribution in [1.82, 2.24) is 15.0 Å². The third kappa shape index (κ3) is 4.55. The number of hydrogen-bond donors (Lipinski definition) is 2. The molecule has 4 rings (SSSR count). The fourth-order valence-electron chi connectivity index (χ4n) is 3.51. The number of fused-ring (bicyclic) bond motifs is 1. The van der Waals surface area contributed by atoms with Gasteiger partial charge in [0.25, 0.3) is 0 Å². The van der Waals surface area contributed by atoms with Gasteiger partial charge in [0.2, 0.25) is 11.8 Å². The van der Waals surface area contributed by atoms with Crippen molar-refractivity contribution in [3.05, 3.63) is 71.9 Å². The summed E-state index contributed by atoms with van der Waals surface area (Å²) in [6.07, 6.45) is 1.73. The number of ether oxygens (including phenoxy) is 1. The van der Waals surface area contributed by atoms with Crippen LogP contribution in [0.25, 0.3) is 11.0 Å². The minimum atomic E-state index is -0.0392. The van der Waals surface area contributed by atoms with Gasteiger partial charge in [-0.05, 0) is 46.7 Å². The van der Waals surface area contributed by atoms with Gasteiger partial charge in [0.05, 0.1) is 11.0 Å². The number of rotatable bonds is 4. The second kappa shape index (κ2) is 7.73. The van der Waals surface area contributed by atoms with Gasteiger partial charge >= 0.3 is 0 Å². The maximum Gasteiger partial charge on any atom is 0.243 e. The molecule has 5 heteroatoms. The fraction of sp³-hybridized carbons (Fsp3) is 0.308. The Morgan fingerprint density at radius 2 is 1.65 bits per heavy atom. The minimum Gasteiger partial charge on any atom is -0.437 e. The van der Waals surface area contributed by atoms with Crippen LogP contribution < -0.4 is 10.1 Å². The molecule has 4 aromatic rings. The number of aromatic nitrogens is 3. The van der Waals surface area contributed by atoms with Crippen LogP contribution in [0.2, 0.25) is 0 Å². The summed E-state index contributed by atoms with van der Waals surface area (Å²) in [5.41, 5.74) is 5.08. The highest BCUT2D eigenvalue weighted by Gasteiger charge is 2.20. The molecule has 31 heavy (non-hydrogen) atoms. The number of nitrogens with zero attached hydrogens (tertiary/aromatic N) is 2. The van der Waals surface area contributed by atoms with Gasteiger partial charge in [-0.2, -0.15) is 0 Å². The molecule has 0 aliphatic carbocycles. The maximum absolute atomic E-state index is 6.26. The normalized spacial score (nSPS) is 12.2. The molecular formula is C26H30N4O. The monoisotopic (exact) mass is 414 g/mol. The second-order valence-corrected chi connectivity index (χ2v) is 9.90. The first kappa shape index (κ1) is 20.9. The molecule has 2 aromatic carbocycles. The molecule has 0 saturated carbocycles. The van der Waals surface area contributed by atoms with Gasteiger partial charge in [-0.3, -0.25) is 0 Å². The van der Waals surface area contributed by atoms with Crippen LogP contribution in [0.15, 0.2) is 60.8 Å². The van der Waals surface area contributed by atoms with E-state index in [2.05, 4.69) is 81.1 Å². The summed E-state index contributed by atoms with van der Waals surface area (Å²) in [6, 6.07) is 18.3. The molecule has 0 amide bonds. The predicted octanol–water partition coefficient (Wildman–Crippen LogP) is 7.09. The van der Waals surface area contributed by atoms with Crippen LogP contribution in [0, 0.1) is 0 Å². The van der Waals surface area contributed by atoms with Crippen molar-refractivity contribution < 1.29 is 4.74 Å². The molecule has 0 aliphatic rings. The number of benzene rings is 2. The highest BCUT2D eigenvalue weighted by Crippen LogP contribution is 2.36. The topological polar surface area (TPSA) is 62.8 Å². The van der Waals surface area contributed by atoms with E-state index in [0.29, 0.717) is 11.8 Å². The summed E-state index contributed by atoms with van der Waals surface area (Å²) >= 11 is 0. The van der Waals surface area contributed by atoms with Gasteiger partial charge in [-0.15, -0.1) is 0 Å². The van der Waals surface area contributed by atoms with E-state index in [1.807, 2.05) is 30.3 Å².